The highest BCUT2D eigenvalue weighted by Gasteiger charge is 2.43. The Morgan fingerprint density at radius 3 is 2.45 bits per heavy atom. The highest BCUT2D eigenvalue weighted by molar-refractivity contribution is 5.79. The number of nitrogens with one attached hydrogen (secondary N) is 2. The molecule has 0 radical (unpaired) electrons. The van der Waals surface area contributed by atoms with Crippen molar-refractivity contribution in [3.63, 3.8) is 0 Å². The molecule has 0 aromatic rings. The second kappa shape index (κ2) is 16.1. The normalized spacial score (nSPS) is 20.0. The van der Waals surface area contributed by atoms with Gasteiger partial charge >= 0.3 is 11.9 Å². The molecule has 0 unspecified atom stereocenters. The summed E-state index contributed by atoms with van der Waals surface area (Å²) in [5.74, 6) is -0.414. The quantitative estimate of drug-likeness (QED) is 0.181. The van der Waals surface area contributed by atoms with Crippen LogP contribution < -0.4 is 10.6 Å². The van der Waals surface area contributed by atoms with Crippen LogP contribution in [-0.2, 0) is 23.9 Å². The van der Waals surface area contributed by atoms with Gasteiger partial charge in [-0.3, -0.25) is 9.59 Å². The second-order valence-electron chi connectivity index (χ2n) is 9.10. The molecule has 31 heavy (non-hydrogen) atoms. The molecule has 1 aliphatic rings. The average Bonchev–Trinajstić information content (AvgIpc) is 2.72. The van der Waals surface area contributed by atoms with Crippen molar-refractivity contribution in [1.82, 2.24) is 10.6 Å². The van der Waals surface area contributed by atoms with E-state index >= 15 is 0 Å². The Kier molecular flexibility index (Phi) is 14.2. The number of esters is 2. The molecular weight excluding hydrogens is 396 g/mol. The van der Waals surface area contributed by atoms with Crippen molar-refractivity contribution in [3.8, 4) is 0 Å². The molecular formula is C24H44N2O5. The van der Waals surface area contributed by atoms with Gasteiger partial charge in [0.15, 0.2) is 0 Å². The third-order valence-electron chi connectivity index (χ3n) is 5.76. The van der Waals surface area contributed by atoms with E-state index in [1.165, 1.54) is 6.42 Å². The molecule has 180 valence electrons. The Morgan fingerprint density at radius 2 is 1.84 bits per heavy atom. The van der Waals surface area contributed by atoms with Gasteiger partial charge in [0, 0.05) is 13.0 Å². The first-order chi connectivity index (χ1) is 14.9. The molecule has 0 aliphatic carbocycles. The Balaban J connectivity index is 2.66. The van der Waals surface area contributed by atoms with E-state index in [0.717, 1.165) is 51.5 Å². The van der Waals surface area contributed by atoms with Gasteiger partial charge in [0.25, 0.3) is 0 Å². The van der Waals surface area contributed by atoms with Crippen LogP contribution in [0.25, 0.3) is 0 Å². The molecule has 0 aromatic heterocycles. The predicted molar refractivity (Wildman–Crippen MR) is 121 cm³/mol. The summed E-state index contributed by atoms with van der Waals surface area (Å²) >= 11 is 0. The van der Waals surface area contributed by atoms with Crippen molar-refractivity contribution in [1.29, 1.82) is 0 Å². The molecule has 7 heteroatoms. The zero-order valence-electron chi connectivity index (χ0n) is 20.0. The fourth-order valence-electron chi connectivity index (χ4n) is 3.93. The van der Waals surface area contributed by atoms with Crippen molar-refractivity contribution < 1.29 is 23.9 Å². The van der Waals surface area contributed by atoms with Gasteiger partial charge in [0.05, 0.1) is 5.92 Å². The highest BCUT2D eigenvalue weighted by Crippen LogP contribution is 2.31. The van der Waals surface area contributed by atoms with E-state index < -0.39 is 18.1 Å². The SMILES string of the molecule is CCCCCC[C@@H]1C(=O)O[C@H]1C[C@H](CNCCCCC)OC(=O)[C@H](CC(C)C)NC=O. The predicted octanol–water partition coefficient (Wildman–Crippen LogP) is 3.74. The minimum absolute atomic E-state index is 0.0993. The topological polar surface area (TPSA) is 93.7 Å². The van der Waals surface area contributed by atoms with Crippen molar-refractivity contribution >= 4 is 18.3 Å². The maximum atomic E-state index is 12.7. The first-order valence-electron chi connectivity index (χ1n) is 12.2. The third-order valence-corrected chi connectivity index (χ3v) is 5.76. The zero-order valence-corrected chi connectivity index (χ0v) is 20.0. The second-order valence-corrected chi connectivity index (χ2v) is 9.10. The third kappa shape index (κ3) is 11.0. The van der Waals surface area contributed by atoms with Gasteiger partial charge in [-0.2, -0.15) is 0 Å². The summed E-state index contributed by atoms with van der Waals surface area (Å²) in [7, 11) is 0. The maximum Gasteiger partial charge on any atom is 0.328 e. The maximum absolute atomic E-state index is 12.7. The van der Waals surface area contributed by atoms with Crippen LogP contribution in [0.4, 0.5) is 0 Å². The minimum atomic E-state index is -0.658. The molecule has 0 spiro atoms. The number of rotatable bonds is 19. The van der Waals surface area contributed by atoms with Crippen LogP contribution in [0, 0.1) is 11.8 Å². The van der Waals surface area contributed by atoms with Crippen LogP contribution in [-0.4, -0.2) is 49.7 Å². The average molecular weight is 441 g/mol. The summed E-state index contributed by atoms with van der Waals surface area (Å²) in [4.78, 5) is 35.6. The summed E-state index contributed by atoms with van der Waals surface area (Å²) in [5.41, 5.74) is 0. The number of cyclic esters (lactones) is 1. The van der Waals surface area contributed by atoms with Gasteiger partial charge in [-0.05, 0) is 31.7 Å². The van der Waals surface area contributed by atoms with E-state index in [4.69, 9.17) is 9.47 Å². The van der Waals surface area contributed by atoms with Crippen molar-refractivity contribution in [2.45, 2.75) is 110 Å². The summed E-state index contributed by atoms with van der Waals surface area (Å²) in [6.07, 6.45) is 9.63. The molecule has 0 bridgehead atoms. The van der Waals surface area contributed by atoms with Crippen LogP contribution in [0.2, 0.25) is 0 Å². The van der Waals surface area contributed by atoms with Crippen LogP contribution in [0.1, 0.15) is 91.9 Å². The smallest absolute Gasteiger partial charge is 0.328 e. The van der Waals surface area contributed by atoms with Crippen molar-refractivity contribution in [3.05, 3.63) is 0 Å². The summed E-state index contributed by atoms with van der Waals surface area (Å²) < 4.78 is 11.2. The molecule has 1 amide bonds. The Labute approximate surface area is 188 Å². The lowest BCUT2D eigenvalue weighted by atomic mass is 9.87. The van der Waals surface area contributed by atoms with E-state index in [1.807, 2.05) is 13.8 Å². The molecule has 0 saturated carbocycles. The number of ether oxygens (including phenoxy) is 2. The molecule has 4 atom stereocenters. The van der Waals surface area contributed by atoms with E-state index in [1.54, 1.807) is 0 Å². The Bertz CT molecular complexity index is 526. The number of hydrogen-bond donors (Lipinski definition) is 2. The van der Waals surface area contributed by atoms with E-state index in [2.05, 4.69) is 24.5 Å². The van der Waals surface area contributed by atoms with Crippen molar-refractivity contribution in [2.24, 2.45) is 11.8 Å². The Hall–Kier alpha value is -1.63. The lowest BCUT2D eigenvalue weighted by Crippen LogP contribution is -2.49. The first-order valence-corrected chi connectivity index (χ1v) is 12.2. The molecule has 1 fully saturated rings. The summed E-state index contributed by atoms with van der Waals surface area (Å²) in [6.45, 7) is 9.69. The van der Waals surface area contributed by atoms with Gasteiger partial charge < -0.3 is 20.1 Å². The van der Waals surface area contributed by atoms with Crippen LogP contribution in [0.15, 0.2) is 0 Å². The largest absolute Gasteiger partial charge is 0.461 e. The van der Waals surface area contributed by atoms with Crippen LogP contribution >= 0.6 is 0 Å². The fourth-order valence-corrected chi connectivity index (χ4v) is 3.93. The minimum Gasteiger partial charge on any atom is -0.461 e. The van der Waals surface area contributed by atoms with E-state index in [9.17, 15) is 14.4 Å². The van der Waals surface area contributed by atoms with Gasteiger partial charge in [-0.1, -0.05) is 66.2 Å². The van der Waals surface area contributed by atoms with Gasteiger partial charge in [0.1, 0.15) is 18.2 Å². The molecule has 1 aliphatic heterocycles. The molecule has 0 aromatic carbocycles. The number of carbonyl (C=O) groups excluding carboxylic acids is 3. The fraction of sp³-hybridized carbons (Fsp3) is 0.875. The summed E-state index contributed by atoms with van der Waals surface area (Å²) in [5, 5.41) is 5.95. The number of unbranched alkanes of at least 4 members (excludes halogenated alkanes) is 5. The molecule has 1 heterocycles. The van der Waals surface area contributed by atoms with E-state index in [0.29, 0.717) is 25.8 Å². The van der Waals surface area contributed by atoms with Gasteiger partial charge in [0.2, 0.25) is 6.41 Å². The first kappa shape index (κ1) is 27.4. The molecule has 1 rings (SSSR count). The van der Waals surface area contributed by atoms with Gasteiger partial charge in [-0.15, -0.1) is 0 Å². The number of hydrogen-bond acceptors (Lipinski definition) is 6. The number of carbonyl (C=O) groups is 3. The lowest BCUT2D eigenvalue weighted by molar-refractivity contribution is -0.190. The zero-order chi connectivity index (χ0) is 23.1. The lowest BCUT2D eigenvalue weighted by Gasteiger charge is -2.37. The molecule has 2 N–H and O–H groups in total. The molecule has 7 nitrogen and oxygen atoms in total. The standard InChI is InChI=1S/C24H44N2O5/c1-5-7-9-10-12-20-22(31-23(20)28)15-19(16-25-13-11-8-6-2)30-24(29)21(26-17-27)14-18(3)4/h17-22,25H,5-16H2,1-4H3,(H,26,27)/t19-,20+,21+,22+/m1/s1. The van der Waals surface area contributed by atoms with Crippen LogP contribution in [0.3, 0.4) is 0 Å². The monoisotopic (exact) mass is 440 g/mol. The van der Waals surface area contributed by atoms with Crippen LogP contribution in [0.5, 0.6) is 0 Å². The highest BCUT2D eigenvalue weighted by atomic mass is 16.6. The Morgan fingerprint density at radius 1 is 1.13 bits per heavy atom. The van der Waals surface area contributed by atoms with E-state index in [-0.39, 0.29) is 23.9 Å². The number of amides is 1. The van der Waals surface area contributed by atoms with Crippen molar-refractivity contribution in [2.75, 3.05) is 13.1 Å². The molecule has 1 saturated heterocycles. The van der Waals surface area contributed by atoms with Gasteiger partial charge in [-0.25, -0.2) is 4.79 Å². The summed E-state index contributed by atoms with van der Waals surface area (Å²) in [6, 6.07) is -0.658.